The predicted molar refractivity (Wildman–Crippen MR) is 93.3 cm³/mol. The van der Waals surface area contributed by atoms with Gasteiger partial charge in [-0.05, 0) is 12.5 Å². The molecular weight excluding hydrogens is 338 g/mol. The number of pyridine rings is 1. The molecular formula is C19H30NO6+. The van der Waals surface area contributed by atoms with E-state index in [1.54, 1.807) is 18.3 Å². The van der Waals surface area contributed by atoms with Crippen LogP contribution in [0.4, 0.5) is 0 Å². The van der Waals surface area contributed by atoms with Crippen molar-refractivity contribution in [2.24, 2.45) is 0 Å². The summed E-state index contributed by atoms with van der Waals surface area (Å²) < 4.78 is 12.3. The van der Waals surface area contributed by atoms with E-state index in [9.17, 15) is 20.1 Å². The Morgan fingerprint density at radius 3 is 2.62 bits per heavy atom. The Hall–Kier alpha value is -1.54. The van der Waals surface area contributed by atoms with Crippen LogP contribution in [0.25, 0.3) is 0 Å². The quantitative estimate of drug-likeness (QED) is 0.325. The van der Waals surface area contributed by atoms with E-state index in [-0.39, 0.29) is 0 Å². The molecule has 4 atom stereocenters. The number of hydrogen-bond acceptors (Lipinski definition) is 6. The van der Waals surface area contributed by atoms with E-state index in [1.807, 2.05) is 0 Å². The maximum atomic E-state index is 12.2. The first-order valence-electron chi connectivity index (χ1n) is 9.38. The van der Waals surface area contributed by atoms with Crippen molar-refractivity contribution in [3.8, 4) is 0 Å². The molecule has 1 aromatic rings. The van der Waals surface area contributed by atoms with E-state index in [2.05, 4.69) is 6.92 Å². The Labute approximate surface area is 154 Å². The SMILES string of the molecule is CCCCCCCCOC(=O)c1ccc[n+]([C@@H]2O[C@H](CO)[C@H](O)[C@@H]2O)c1. The molecule has 2 rings (SSSR count). The number of aliphatic hydroxyl groups excluding tert-OH is 3. The molecule has 1 aromatic heterocycles. The minimum absolute atomic E-state index is 0.344. The number of carbonyl (C=O) groups excluding carboxylic acids is 1. The van der Waals surface area contributed by atoms with Crippen LogP contribution in [0.2, 0.25) is 0 Å². The Balaban J connectivity index is 1.85. The molecule has 1 aliphatic rings. The van der Waals surface area contributed by atoms with Gasteiger partial charge in [0.25, 0.3) is 6.23 Å². The maximum Gasteiger partial charge on any atom is 0.344 e. The maximum absolute atomic E-state index is 12.2. The molecule has 0 unspecified atom stereocenters. The Bertz CT molecular complexity index is 567. The summed E-state index contributed by atoms with van der Waals surface area (Å²) in [6.07, 6.45) is 5.77. The molecule has 2 heterocycles. The van der Waals surface area contributed by atoms with Gasteiger partial charge in [-0.1, -0.05) is 39.0 Å². The second-order valence-corrected chi connectivity index (χ2v) is 6.67. The molecule has 0 radical (unpaired) electrons. The molecule has 146 valence electrons. The van der Waals surface area contributed by atoms with Gasteiger partial charge in [-0.15, -0.1) is 0 Å². The number of rotatable bonds is 10. The third kappa shape index (κ3) is 5.48. The Morgan fingerprint density at radius 1 is 1.19 bits per heavy atom. The van der Waals surface area contributed by atoms with Crippen LogP contribution >= 0.6 is 0 Å². The first-order chi connectivity index (χ1) is 12.6. The van der Waals surface area contributed by atoms with Gasteiger partial charge >= 0.3 is 5.97 Å². The highest BCUT2D eigenvalue weighted by Gasteiger charge is 2.48. The number of nitrogens with zero attached hydrogens (tertiary/aromatic N) is 1. The number of aliphatic hydroxyl groups is 3. The van der Waals surface area contributed by atoms with E-state index < -0.39 is 37.1 Å². The van der Waals surface area contributed by atoms with Gasteiger partial charge in [0.1, 0.15) is 17.8 Å². The minimum atomic E-state index is -1.19. The van der Waals surface area contributed by atoms with Crippen LogP contribution in [-0.4, -0.2) is 52.8 Å². The van der Waals surface area contributed by atoms with Crippen molar-refractivity contribution in [2.45, 2.75) is 70.0 Å². The van der Waals surface area contributed by atoms with Crippen molar-refractivity contribution in [1.82, 2.24) is 0 Å². The third-order valence-electron chi connectivity index (χ3n) is 4.60. The van der Waals surface area contributed by atoms with Crippen LogP contribution < -0.4 is 4.57 Å². The summed E-state index contributed by atoms with van der Waals surface area (Å²) in [6.45, 7) is 2.16. The Kier molecular flexibility index (Phi) is 8.44. The van der Waals surface area contributed by atoms with E-state index in [1.165, 1.54) is 30.0 Å². The summed E-state index contributed by atoms with van der Waals surface area (Å²) in [7, 11) is 0. The summed E-state index contributed by atoms with van der Waals surface area (Å²) >= 11 is 0. The van der Waals surface area contributed by atoms with Crippen LogP contribution in [-0.2, 0) is 9.47 Å². The lowest BCUT2D eigenvalue weighted by Gasteiger charge is -2.10. The van der Waals surface area contributed by atoms with E-state index in [0.717, 1.165) is 19.3 Å². The topological polar surface area (TPSA) is 100 Å². The van der Waals surface area contributed by atoms with Gasteiger partial charge in [-0.2, -0.15) is 4.57 Å². The summed E-state index contributed by atoms with van der Waals surface area (Å²) in [5.74, 6) is -0.431. The Morgan fingerprint density at radius 2 is 1.92 bits per heavy atom. The summed E-state index contributed by atoms with van der Waals surface area (Å²) in [5, 5.41) is 29.1. The van der Waals surface area contributed by atoms with Crippen molar-refractivity contribution in [1.29, 1.82) is 0 Å². The number of esters is 1. The number of unbranched alkanes of at least 4 members (excludes halogenated alkanes) is 5. The van der Waals surface area contributed by atoms with Crippen LogP contribution in [0.3, 0.4) is 0 Å². The van der Waals surface area contributed by atoms with Crippen molar-refractivity contribution in [3.63, 3.8) is 0 Å². The molecule has 0 aliphatic carbocycles. The molecule has 0 amide bonds. The average Bonchev–Trinajstić information content (AvgIpc) is 2.95. The van der Waals surface area contributed by atoms with Crippen molar-refractivity contribution in [3.05, 3.63) is 30.1 Å². The molecule has 0 spiro atoms. The molecule has 7 nitrogen and oxygen atoms in total. The lowest BCUT2D eigenvalue weighted by atomic mass is 10.1. The van der Waals surface area contributed by atoms with E-state index >= 15 is 0 Å². The number of carbonyl (C=O) groups is 1. The largest absolute Gasteiger partial charge is 0.462 e. The fourth-order valence-corrected chi connectivity index (χ4v) is 3.03. The zero-order chi connectivity index (χ0) is 18.9. The standard InChI is InChI=1S/C19H30NO6/c1-2-3-4-5-6-7-11-25-19(24)14-9-8-10-20(12-14)18-17(23)16(22)15(13-21)26-18/h8-10,12,15-18,21-23H,2-7,11,13H2,1H3/q+1/t15-,16+,17+,18-/m1/s1. The molecule has 26 heavy (non-hydrogen) atoms. The third-order valence-corrected chi connectivity index (χ3v) is 4.60. The van der Waals surface area contributed by atoms with Crippen molar-refractivity contribution in [2.75, 3.05) is 13.2 Å². The number of ether oxygens (including phenoxy) is 2. The summed E-state index contributed by atoms with van der Waals surface area (Å²) in [5.41, 5.74) is 0.344. The van der Waals surface area contributed by atoms with Crippen molar-refractivity contribution >= 4 is 5.97 Å². The van der Waals surface area contributed by atoms with Crippen LogP contribution in [0.1, 0.15) is 62.0 Å². The van der Waals surface area contributed by atoms with Gasteiger partial charge in [0.15, 0.2) is 18.5 Å². The molecule has 1 saturated heterocycles. The fourth-order valence-electron chi connectivity index (χ4n) is 3.03. The monoisotopic (exact) mass is 368 g/mol. The van der Waals surface area contributed by atoms with E-state index in [0.29, 0.717) is 12.2 Å². The molecule has 0 aromatic carbocycles. The second kappa shape index (κ2) is 10.6. The van der Waals surface area contributed by atoms with Crippen LogP contribution in [0.5, 0.6) is 0 Å². The smallest absolute Gasteiger partial charge is 0.344 e. The van der Waals surface area contributed by atoms with Crippen LogP contribution in [0.15, 0.2) is 24.5 Å². The highest BCUT2D eigenvalue weighted by Crippen LogP contribution is 2.25. The first kappa shape index (κ1) is 20.8. The summed E-state index contributed by atoms with van der Waals surface area (Å²) in [4.78, 5) is 12.2. The molecule has 7 heteroatoms. The molecule has 0 bridgehead atoms. The first-order valence-corrected chi connectivity index (χ1v) is 9.38. The lowest BCUT2D eigenvalue weighted by Crippen LogP contribution is -2.46. The van der Waals surface area contributed by atoms with Crippen LogP contribution in [0, 0.1) is 0 Å². The normalized spacial score (nSPS) is 25.4. The van der Waals surface area contributed by atoms with E-state index in [4.69, 9.17) is 9.47 Å². The van der Waals surface area contributed by atoms with Gasteiger partial charge in [0.05, 0.1) is 13.2 Å². The number of hydrogen-bond donors (Lipinski definition) is 3. The highest BCUT2D eigenvalue weighted by molar-refractivity contribution is 5.88. The zero-order valence-corrected chi connectivity index (χ0v) is 15.3. The molecule has 1 aliphatic heterocycles. The molecule has 1 fully saturated rings. The lowest BCUT2D eigenvalue weighted by molar-refractivity contribution is -0.765. The molecule has 0 saturated carbocycles. The summed E-state index contributed by atoms with van der Waals surface area (Å²) in [6, 6.07) is 3.28. The van der Waals surface area contributed by atoms with Crippen molar-refractivity contribution < 1.29 is 34.2 Å². The van der Waals surface area contributed by atoms with Gasteiger partial charge in [0, 0.05) is 6.07 Å². The van der Waals surface area contributed by atoms with Gasteiger partial charge in [-0.3, -0.25) is 0 Å². The number of aromatic nitrogens is 1. The van der Waals surface area contributed by atoms with Gasteiger partial charge < -0.3 is 24.8 Å². The van der Waals surface area contributed by atoms with Gasteiger partial charge in [-0.25, -0.2) is 4.79 Å². The second-order valence-electron chi connectivity index (χ2n) is 6.67. The molecule has 3 N–H and O–H groups in total. The fraction of sp³-hybridized carbons (Fsp3) is 0.684. The highest BCUT2D eigenvalue weighted by atomic mass is 16.6. The zero-order valence-electron chi connectivity index (χ0n) is 15.3. The minimum Gasteiger partial charge on any atom is -0.462 e. The predicted octanol–water partition coefficient (Wildman–Crippen LogP) is 1.10. The van der Waals surface area contributed by atoms with Gasteiger partial charge in [0.2, 0.25) is 0 Å². The average molecular weight is 368 g/mol.